The van der Waals surface area contributed by atoms with Crippen LogP contribution < -0.4 is 4.74 Å². The number of carbonyl (C=O) groups is 2. The monoisotopic (exact) mass is 370 g/mol. The van der Waals surface area contributed by atoms with E-state index in [4.69, 9.17) is 9.15 Å². The molecule has 0 atom stereocenters. The predicted octanol–water partition coefficient (Wildman–Crippen LogP) is 2.52. The highest BCUT2D eigenvalue weighted by molar-refractivity contribution is 5.78. The molecule has 1 aromatic heterocycles. The second-order valence-corrected chi connectivity index (χ2v) is 6.69. The summed E-state index contributed by atoms with van der Waals surface area (Å²) in [5.41, 5.74) is 1.12. The van der Waals surface area contributed by atoms with Gasteiger partial charge in [0.2, 0.25) is 11.8 Å². The van der Waals surface area contributed by atoms with Gasteiger partial charge < -0.3 is 19.0 Å². The van der Waals surface area contributed by atoms with Crippen molar-refractivity contribution in [2.24, 2.45) is 0 Å². The molecule has 0 N–H and O–H groups in total. The van der Waals surface area contributed by atoms with Crippen molar-refractivity contribution in [3.63, 3.8) is 0 Å². The number of rotatable bonds is 7. The number of piperazine rings is 1. The lowest BCUT2D eigenvalue weighted by atomic mass is 10.1. The Morgan fingerprint density at radius 3 is 2.04 bits per heavy atom. The summed E-state index contributed by atoms with van der Waals surface area (Å²) in [5, 5.41) is 0. The molecule has 0 aliphatic carbocycles. The highest BCUT2D eigenvalue weighted by atomic mass is 16.5. The van der Waals surface area contributed by atoms with Crippen molar-refractivity contribution in [1.82, 2.24) is 9.80 Å². The first kappa shape index (κ1) is 19.0. The standard InChI is InChI=1S/C21H26N2O4/c1-26-18-7-4-17(5-8-18)6-10-20(24)22-12-14-23(15-13-22)21(25)11-9-19-3-2-16-27-19/h2-5,7-8,16H,6,9-15H2,1H3. The fraction of sp³-hybridized carbons (Fsp3) is 0.429. The Balaban J connectivity index is 1.38. The third-order valence-corrected chi connectivity index (χ3v) is 4.94. The molecule has 2 amide bonds. The van der Waals surface area contributed by atoms with Gasteiger partial charge in [-0.15, -0.1) is 0 Å². The second-order valence-electron chi connectivity index (χ2n) is 6.69. The number of furan rings is 1. The second kappa shape index (κ2) is 9.26. The Morgan fingerprint density at radius 1 is 0.926 bits per heavy atom. The Morgan fingerprint density at radius 2 is 1.52 bits per heavy atom. The van der Waals surface area contributed by atoms with Gasteiger partial charge in [0.05, 0.1) is 13.4 Å². The molecule has 0 unspecified atom stereocenters. The minimum Gasteiger partial charge on any atom is -0.497 e. The predicted molar refractivity (Wildman–Crippen MR) is 102 cm³/mol. The normalized spacial score (nSPS) is 14.3. The molecule has 0 saturated carbocycles. The van der Waals surface area contributed by atoms with Crippen molar-refractivity contribution in [3.05, 3.63) is 54.0 Å². The van der Waals surface area contributed by atoms with Crippen LogP contribution in [-0.2, 0) is 22.4 Å². The van der Waals surface area contributed by atoms with Gasteiger partial charge in [-0.3, -0.25) is 9.59 Å². The molecular weight excluding hydrogens is 344 g/mol. The zero-order valence-electron chi connectivity index (χ0n) is 15.7. The molecular formula is C21H26N2O4. The Bertz CT molecular complexity index is 732. The van der Waals surface area contributed by atoms with Crippen molar-refractivity contribution >= 4 is 11.8 Å². The molecule has 1 aliphatic rings. The maximum atomic E-state index is 12.4. The summed E-state index contributed by atoms with van der Waals surface area (Å²) < 4.78 is 10.4. The van der Waals surface area contributed by atoms with Crippen LogP contribution in [0, 0.1) is 0 Å². The highest BCUT2D eigenvalue weighted by Crippen LogP contribution is 2.14. The van der Waals surface area contributed by atoms with E-state index in [0.717, 1.165) is 17.1 Å². The largest absolute Gasteiger partial charge is 0.497 e. The average molecular weight is 370 g/mol. The number of amides is 2. The number of ether oxygens (including phenoxy) is 1. The number of methoxy groups -OCH3 is 1. The molecule has 1 fully saturated rings. The van der Waals surface area contributed by atoms with E-state index in [-0.39, 0.29) is 11.8 Å². The maximum Gasteiger partial charge on any atom is 0.223 e. The van der Waals surface area contributed by atoms with Gasteiger partial charge in [-0.2, -0.15) is 0 Å². The van der Waals surface area contributed by atoms with E-state index in [1.165, 1.54) is 0 Å². The molecule has 3 rings (SSSR count). The quantitative estimate of drug-likeness (QED) is 0.751. The van der Waals surface area contributed by atoms with Crippen LogP contribution in [0.5, 0.6) is 5.75 Å². The molecule has 1 saturated heterocycles. The summed E-state index contributed by atoms with van der Waals surface area (Å²) >= 11 is 0. The van der Waals surface area contributed by atoms with Crippen LogP contribution in [0.3, 0.4) is 0 Å². The number of benzene rings is 1. The number of carbonyl (C=O) groups excluding carboxylic acids is 2. The van der Waals surface area contributed by atoms with E-state index >= 15 is 0 Å². The van der Waals surface area contributed by atoms with Crippen molar-refractivity contribution in [2.75, 3.05) is 33.3 Å². The molecule has 27 heavy (non-hydrogen) atoms. The first-order valence-corrected chi connectivity index (χ1v) is 9.36. The fourth-order valence-electron chi connectivity index (χ4n) is 3.25. The van der Waals surface area contributed by atoms with Gasteiger partial charge in [0.1, 0.15) is 11.5 Å². The minimum absolute atomic E-state index is 0.122. The highest BCUT2D eigenvalue weighted by Gasteiger charge is 2.23. The maximum absolute atomic E-state index is 12.4. The van der Waals surface area contributed by atoms with Gasteiger partial charge >= 0.3 is 0 Å². The molecule has 6 heteroatoms. The third kappa shape index (κ3) is 5.36. The van der Waals surface area contributed by atoms with Crippen LogP contribution in [0.4, 0.5) is 0 Å². The SMILES string of the molecule is COc1ccc(CCC(=O)N2CCN(C(=O)CCc3ccco3)CC2)cc1. The molecule has 6 nitrogen and oxygen atoms in total. The Kier molecular flexibility index (Phi) is 6.52. The lowest BCUT2D eigenvalue weighted by molar-refractivity contribution is -0.139. The van der Waals surface area contributed by atoms with Crippen LogP contribution >= 0.6 is 0 Å². The zero-order valence-corrected chi connectivity index (χ0v) is 15.7. The molecule has 0 spiro atoms. The van der Waals surface area contributed by atoms with Gasteiger partial charge in [0, 0.05) is 45.4 Å². The van der Waals surface area contributed by atoms with E-state index in [0.29, 0.717) is 51.9 Å². The number of hydrogen-bond donors (Lipinski definition) is 0. The number of hydrogen-bond acceptors (Lipinski definition) is 4. The topological polar surface area (TPSA) is 63.0 Å². The van der Waals surface area contributed by atoms with Crippen LogP contribution in [-0.4, -0.2) is 54.9 Å². The van der Waals surface area contributed by atoms with Gasteiger partial charge in [-0.1, -0.05) is 12.1 Å². The number of aryl methyl sites for hydroxylation is 2. The van der Waals surface area contributed by atoms with Crippen molar-refractivity contribution in [2.45, 2.75) is 25.7 Å². The summed E-state index contributed by atoms with van der Waals surface area (Å²) in [6.07, 6.45) is 3.88. The van der Waals surface area contributed by atoms with Crippen molar-refractivity contribution in [1.29, 1.82) is 0 Å². The Hall–Kier alpha value is -2.76. The van der Waals surface area contributed by atoms with E-state index in [1.54, 1.807) is 13.4 Å². The van der Waals surface area contributed by atoms with Gasteiger partial charge in [-0.05, 0) is 36.2 Å². The lowest BCUT2D eigenvalue weighted by Gasteiger charge is -2.35. The molecule has 144 valence electrons. The molecule has 2 heterocycles. The molecule has 2 aromatic rings. The van der Waals surface area contributed by atoms with Crippen LogP contribution in [0.15, 0.2) is 47.1 Å². The van der Waals surface area contributed by atoms with Crippen LogP contribution in [0.1, 0.15) is 24.2 Å². The third-order valence-electron chi connectivity index (χ3n) is 4.94. The zero-order chi connectivity index (χ0) is 19.1. The number of nitrogens with zero attached hydrogens (tertiary/aromatic N) is 2. The lowest BCUT2D eigenvalue weighted by Crippen LogP contribution is -2.50. The van der Waals surface area contributed by atoms with E-state index in [9.17, 15) is 9.59 Å². The molecule has 1 aliphatic heterocycles. The molecule has 0 radical (unpaired) electrons. The van der Waals surface area contributed by atoms with Crippen molar-refractivity contribution < 1.29 is 18.7 Å². The van der Waals surface area contributed by atoms with Crippen LogP contribution in [0.2, 0.25) is 0 Å². The first-order valence-electron chi connectivity index (χ1n) is 9.36. The fourth-order valence-corrected chi connectivity index (χ4v) is 3.25. The Labute approximate surface area is 159 Å². The van der Waals surface area contributed by atoms with Gasteiger partial charge in [0.15, 0.2) is 0 Å². The average Bonchev–Trinajstić information content (AvgIpc) is 3.24. The van der Waals surface area contributed by atoms with Gasteiger partial charge in [0.25, 0.3) is 0 Å². The summed E-state index contributed by atoms with van der Waals surface area (Å²) in [6.45, 7) is 2.42. The summed E-state index contributed by atoms with van der Waals surface area (Å²) in [4.78, 5) is 28.4. The van der Waals surface area contributed by atoms with E-state index in [2.05, 4.69) is 0 Å². The van der Waals surface area contributed by atoms with E-state index in [1.807, 2.05) is 46.2 Å². The van der Waals surface area contributed by atoms with Crippen molar-refractivity contribution in [3.8, 4) is 5.75 Å². The molecule has 0 bridgehead atoms. The summed E-state index contributed by atoms with van der Waals surface area (Å²) in [6, 6.07) is 11.5. The first-order chi connectivity index (χ1) is 13.2. The van der Waals surface area contributed by atoms with E-state index < -0.39 is 0 Å². The summed E-state index contributed by atoms with van der Waals surface area (Å²) in [5.74, 6) is 1.92. The summed E-state index contributed by atoms with van der Waals surface area (Å²) in [7, 11) is 1.64. The van der Waals surface area contributed by atoms with Gasteiger partial charge in [-0.25, -0.2) is 0 Å². The minimum atomic E-state index is 0.122. The smallest absolute Gasteiger partial charge is 0.223 e. The van der Waals surface area contributed by atoms with Crippen LogP contribution in [0.25, 0.3) is 0 Å². The molecule has 1 aromatic carbocycles.